The third-order valence-corrected chi connectivity index (χ3v) is 34.5. The number of phosphoric acid groups is 1. The quantitative estimate of drug-likeness (QED) is 0.0806. The molecule has 216 valence electrons. The molecule has 17 heteroatoms. The Bertz CT molecular complexity index is 697. The van der Waals surface area contributed by atoms with Crippen molar-refractivity contribution in [3.63, 3.8) is 0 Å². The minimum atomic E-state index is -4.92. The van der Waals surface area contributed by atoms with Crippen molar-refractivity contribution in [1.82, 2.24) is 0 Å². The van der Waals surface area contributed by atoms with E-state index in [-0.39, 0.29) is 69.9 Å². The molecule has 0 amide bonds. The van der Waals surface area contributed by atoms with Gasteiger partial charge in [-0.2, -0.15) is 0 Å². The van der Waals surface area contributed by atoms with E-state index in [1.165, 1.54) is 0 Å². The molecular formula is C20H37Cl2O12PSn2. The van der Waals surface area contributed by atoms with Crippen LogP contribution in [0.1, 0.15) is 53.4 Å². The average molecular weight is 809 g/mol. The third-order valence-electron chi connectivity index (χ3n) is 4.59. The zero-order chi connectivity index (χ0) is 28.5. The molecule has 1 N–H and O–H groups in total. The zero-order valence-corrected chi connectivity index (χ0v) is 29.7. The van der Waals surface area contributed by atoms with Crippen LogP contribution < -0.4 is 0 Å². The molecule has 0 bridgehead atoms. The summed E-state index contributed by atoms with van der Waals surface area (Å²) >= 11 is -9.33. The van der Waals surface area contributed by atoms with Gasteiger partial charge in [-0.05, 0) is 0 Å². The molecule has 0 heterocycles. The predicted molar refractivity (Wildman–Crippen MR) is 139 cm³/mol. The number of carbonyl (C=O) groups is 4. The molecular weight excluding hydrogens is 772 g/mol. The molecule has 0 aliphatic heterocycles. The summed E-state index contributed by atoms with van der Waals surface area (Å²) in [5.74, 6) is -2.31. The predicted octanol–water partition coefficient (Wildman–Crippen LogP) is 4.29. The van der Waals surface area contributed by atoms with Crippen LogP contribution in [0.15, 0.2) is 0 Å². The average Bonchev–Trinajstić information content (AvgIpc) is 2.79. The summed E-state index contributed by atoms with van der Waals surface area (Å²) in [6, 6.07) is 0. The number of hydrogen-bond acceptors (Lipinski definition) is 11. The molecule has 0 aliphatic carbocycles. The van der Waals surface area contributed by atoms with E-state index in [9.17, 15) is 28.6 Å². The number of carbonyl (C=O) groups excluding carboxylic acids is 4. The van der Waals surface area contributed by atoms with Crippen LogP contribution in [0.2, 0.25) is 17.7 Å². The Hall–Kier alpha value is 0.167. The van der Waals surface area contributed by atoms with Crippen molar-refractivity contribution in [2.24, 2.45) is 0 Å². The van der Waals surface area contributed by atoms with Gasteiger partial charge in [-0.25, -0.2) is 0 Å². The normalized spacial score (nSPS) is 12.1. The van der Waals surface area contributed by atoms with E-state index in [0.29, 0.717) is 0 Å². The van der Waals surface area contributed by atoms with Gasteiger partial charge < -0.3 is 0 Å². The fraction of sp³-hybridized carbons (Fsp3) is 0.800. The molecule has 0 saturated heterocycles. The minimum absolute atomic E-state index is 0.0845. The van der Waals surface area contributed by atoms with Crippen LogP contribution in [0.3, 0.4) is 0 Å². The summed E-state index contributed by atoms with van der Waals surface area (Å²) in [5.41, 5.74) is 0. The van der Waals surface area contributed by atoms with Gasteiger partial charge in [-0.3, -0.25) is 0 Å². The Morgan fingerprint density at radius 3 is 1.00 bits per heavy atom. The number of ether oxygens (including phenoxy) is 4. The monoisotopic (exact) mass is 810 g/mol. The first-order chi connectivity index (χ1) is 17.2. The molecule has 0 aromatic heterocycles. The molecule has 0 atom stereocenters. The second kappa shape index (κ2) is 19.3. The van der Waals surface area contributed by atoms with Gasteiger partial charge in [0.15, 0.2) is 0 Å². The SMILES string of the molecule is CCOC(=O)C[CH2][Sn]([Cl])([CH2]CC(=O)OCC)[O]P(=O)(O)[O][Sn]([Cl])([CH2]CC(=O)OCC)[CH2]CC(=O)OCC. The third kappa shape index (κ3) is 18.2. The Balaban J connectivity index is 5.70. The summed E-state index contributed by atoms with van der Waals surface area (Å²) in [4.78, 5) is 58.1. The topological polar surface area (TPSA) is 161 Å². The molecule has 0 radical (unpaired) electrons. The summed E-state index contributed by atoms with van der Waals surface area (Å²) in [6.07, 6.45) is -0.733. The summed E-state index contributed by atoms with van der Waals surface area (Å²) in [6.45, 7) is 7.06. The van der Waals surface area contributed by atoms with Crippen molar-refractivity contribution in [2.45, 2.75) is 71.1 Å². The Kier molecular flexibility index (Phi) is 19.4. The van der Waals surface area contributed by atoms with Crippen molar-refractivity contribution in [3.8, 4) is 0 Å². The number of halogens is 2. The fourth-order valence-corrected chi connectivity index (χ4v) is 30.9. The Labute approximate surface area is 234 Å². The van der Waals surface area contributed by atoms with Crippen LogP contribution in [0.4, 0.5) is 0 Å². The molecule has 0 aromatic carbocycles. The number of rotatable bonds is 20. The second-order valence-corrected chi connectivity index (χ2v) is 37.1. The number of hydrogen-bond donors (Lipinski definition) is 1. The first-order valence-electron chi connectivity index (χ1n) is 12.0. The first kappa shape index (κ1) is 37.2. The van der Waals surface area contributed by atoms with Gasteiger partial charge in [0, 0.05) is 0 Å². The van der Waals surface area contributed by atoms with Gasteiger partial charge in [0.05, 0.1) is 0 Å². The van der Waals surface area contributed by atoms with E-state index in [2.05, 4.69) is 0 Å². The number of esters is 4. The van der Waals surface area contributed by atoms with Crippen LogP contribution in [0.5, 0.6) is 0 Å². The molecule has 0 saturated carbocycles. The Morgan fingerprint density at radius 2 is 0.811 bits per heavy atom. The van der Waals surface area contributed by atoms with Gasteiger partial charge >= 0.3 is 236 Å². The Morgan fingerprint density at radius 1 is 0.595 bits per heavy atom. The second-order valence-electron chi connectivity index (χ2n) is 7.64. The standard InChI is InChI=1S/4C5H9O2.2ClH.H3O4P.2Sn/c4*1-3-5(6)7-4-2;;;1-5(2,3)4;;/h4*1,3-4H2,2H3;2*1H;(H3,1,2,3,4);;/q;;;;;;;2*+2/p-4. The van der Waals surface area contributed by atoms with E-state index >= 15 is 0 Å². The van der Waals surface area contributed by atoms with Crippen LogP contribution in [0.25, 0.3) is 0 Å². The van der Waals surface area contributed by atoms with E-state index in [0.717, 1.165) is 0 Å². The maximum atomic E-state index is 13.1. The van der Waals surface area contributed by atoms with Crippen LogP contribution in [-0.2, 0) is 48.4 Å². The van der Waals surface area contributed by atoms with Crippen molar-refractivity contribution in [3.05, 3.63) is 0 Å². The van der Waals surface area contributed by atoms with Crippen molar-refractivity contribution in [2.75, 3.05) is 26.4 Å². The first-order valence-corrected chi connectivity index (χ1v) is 31.1. The van der Waals surface area contributed by atoms with Crippen molar-refractivity contribution >= 4 is 84.9 Å². The summed E-state index contributed by atoms with van der Waals surface area (Å²) in [5, 5.41) is 0. The van der Waals surface area contributed by atoms with E-state index in [4.69, 9.17) is 42.5 Å². The molecule has 0 aliphatic rings. The molecule has 0 spiro atoms. The van der Waals surface area contributed by atoms with Gasteiger partial charge in [0.1, 0.15) is 0 Å². The maximum absolute atomic E-state index is 13.1. The van der Waals surface area contributed by atoms with Crippen LogP contribution >= 0.6 is 25.7 Å². The van der Waals surface area contributed by atoms with E-state index in [1.54, 1.807) is 27.7 Å². The molecule has 0 unspecified atom stereocenters. The zero-order valence-electron chi connectivity index (χ0n) is 21.6. The van der Waals surface area contributed by atoms with Crippen LogP contribution in [-0.4, -0.2) is 90.5 Å². The fourth-order valence-electron chi connectivity index (χ4n) is 2.95. The van der Waals surface area contributed by atoms with Gasteiger partial charge in [-0.1, -0.05) is 0 Å². The summed E-state index contributed by atoms with van der Waals surface area (Å²) < 4.78 is 43.3. The van der Waals surface area contributed by atoms with Gasteiger partial charge in [0.25, 0.3) is 0 Å². The molecule has 0 aromatic rings. The van der Waals surface area contributed by atoms with Gasteiger partial charge in [-0.15, -0.1) is 0 Å². The summed E-state index contributed by atoms with van der Waals surface area (Å²) in [7, 11) is 8.42. The molecule has 0 rings (SSSR count). The van der Waals surface area contributed by atoms with Crippen LogP contribution in [0, 0.1) is 0 Å². The molecule has 0 fully saturated rings. The molecule has 12 nitrogen and oxygen atoms in total. The van der Waals surface area contributed by atoms with E-state index in [1.807, 2.05) is 0 Å². The van der Waals surface area contributed by atoms with Crippen molar-refractivity contribution < 1.29 is 53.3 Å². The van der Waals surface area contributed by atoms with Gasteiger partial charge in [0.2, 0.25) is 0 Å². The van der Waals surface area contributed by atoms with Crippen molar-refractivity contribution in [1.29, 1.82) is 0 Å². The van der Waals surface area contributed by atoms with E-state index < -0.39 is 67.0 Å². The molecule has 37 heavy (non-hydrogen) atoms.